The van der Waals surface area contributed by atoms with Crippen LogP contribution in [0.4, 0.5) is 13.2 Å². The van der Waals surface area contributed by atoms with E-state index in [0.29, 0.717) is 15.6 Å². The van der Waals surface area contributed by atoms with Crippen LogP contribution in [0.15, 0.2) is 40.9 Å². The van der Waals surface area contributed by atoms with Crippen molar-refractivity contribution in [1.82, 2.24) is 0 Å². The summed E-state index contributed by atoms with van der Waals surface area (Å²) in [5.74, 6) is -2.29. The molecule has 0 nitrogen and oxygen atoms in total. The van der Waals surface area contributed by atoms with Gasteiger partial charge in [-0.15, -0.1) is 11.6 Å². The Bertz CT molecular complexity index is 601. The average molecular weight is 350 g/mol. The quantitative estimate of drug-likeness (QED) is 0.652. The summed E-state index contributed by atoms with van der Waals surface area (Å²) in [4.78, 5) is 0. The third-order valence-electron chi connectivity index (χ3n) is 2.72. The molecule has 0 amide bonds. The maximum atomic E-state index is 13.8. The summed E-state index contributed by atoms with van der Waals surface area (Å²) >= 11 is 9.21. The molecule has 1 atom stereocenters. The van der Waals surface area contributed by atoms with E-state index < -0.39 is 22.8 Å². The van der Waals surface area contributed by atoms with Gasteiger partial charge in [-0.25, -0.2) is 13.2 Å². The number of alkyl halides is 1. The van der Waals surface area contributed by atoms with E-state index in [4.69, 9.17) is 11.6 Å². The lowest BCUT2D eigenvalue weighted by Gasteiger charge is -2.12. The fourth-order valence-electron chi connectivity index (χ4n) is 1.75. The van der Waals surface area contributed by atoms with E-state index in [1.807, 2.05) is 0 Å². The van der Waals surface area contributed by atoms with Gasteiger partial charge in [0, 0.05) is 5.56 Å². The molecular formula is C14H9BrClF3. The molecular weight excluding hydrogens is 341 g/mol. The van der Waals surface area contributed by atoms with E-state index in [9.17, 15) is 13.2 Å². The lowest BCUT2D eigenvalue weighted by molar-refractivity contribution is 0.507. The summed E-state index contributed by atoms with van der Waals surface area (Å²) in [5.41, 5.74) is 0.832. The zero-order chi connectivity index (χ0) is 14.0. The maximum Gasteiger partial charge on any atom is 0.159 e. The molecule has 0 aliphatic rings. The second-order valence-corrected chi connectivity index (χ2v) is 5.44. The van der Waals surface area contributed by atoms with Crippen LogP contribution in [0.5, 0.6) is 0 Å². The van der Waals surface area contributed by atoms with Crippen molar-refractivity contribution in [2.24, 2.45) is 0 Å². The Kier molecular flexibility index (Phi) is 4.53. The molecule has 2 aromatic carbocycles. The Morgan fingerprint density at radius 3 is 2.47 bits per heavy atom. The van der Waals surface area contributed by atoms with Gasteiger partial charge in [-0.3, -0.25) is 0 Å². The topological polar surface area (TPSA) is 0 Å². The molecule has 0 bridgehead atoms. The van der Waals surface area contributed by atoms with Gasteiger partial charge in [0.1, 0.15) is 5.82 Å². The van der Waals surface area contributed by atoms with Crippen molar-refractivity contribution >= 4 is 27.5 Å². The zero-order valence-electron chi connectivity index (χ0n) is 9.64. The van der Waals surface area contributed by atoms with E-state index >= 15 is 0 Å². The molecule has 2 rings (SSSR count). The predicted octanol–water partition coefficient (Wildman–Crippen LogP) is 5.39. The third-order valence-corrected chi connectivity index (χ3v) is 3.72. The molecule has 0 aliphatic heterocycles. The molecule has 0 aromatic heterocycles. The minimum Gasteiger partial charge on any atom is -0.205 e. The first-order valence-electron chi connectivity index (χ1n) is 5.51. The molecule has 2 aromatic rings. The number of hydrogen-bond acceptors (Lipinski definition) is 0. The van der Waals surface area contributed by atoms with Crippen LogP contribution >= 0.6 is 27.5 Å². The van der Waals surface area contributed by atoms with Crippen LogP contribution in [-0.2, 0) is 6.42 Å². The van der Waals surface area contributed by atoms with Crippen molar-refractivity contribution in [3.8, 4) is 0 Å². The minimum absolute atomic E-state index is 0.214. The van der Waals surface area contributed by atoms with Gasteiger partial charge >= 0.3 is 0 Å². The number of hydrogen-bond donors (Lipinski definition) is 0. The summed E-state index contributed by atoms with van der Waals surface area (Å²) < 4.78 is 40.0. The normalized spacial score (nSPS) is 12.5. The van der Waals surface area contributed by atoms with E-state index in [0.717, 1.165) is 12.1 Å². The molecule has 19 heavy (non-hydrogen) atoms. The smallest absolute Gasteiger partial charge is 0.159 e. The molecule has 100 valence electrons. The van der Waals surface area contributed by atoms with Crippen molar-refractivity contribution < 1.29 is 13.2 Å². The highest BCUT2D eigenvalue weighted by Crippen LogP contribution is 2.30. The minimum atomic E-state index is -0.934. The molecule has 0 saturated carbocycles. The first kappa shape index (κ1) is 14.4. The Labute approximate surface area is 122 Å². The van der Waals surface area contributed by atoms with Gasteiger partial charge in [-0.05, 0) is 46.1 Å². The van der Waals surface area contributed by atoms with Gasteiger partial charge in [-0.2, -0.15) is 0 Å². The number of rotatable bonds is 3. The molecule has 1 unspecified atom stereocenters. The third kappa shape index (κ3) is 3.31. The summed E-state index contributed by atoms with van der Waals surface area (Å²) in [6.45, 7) is 0. The fraction of sp³-hybridized carbons (Fsp3) is 0.143. The highest BCUT2D eigenvalue weighted by atomic mass is 79.9. The Hall–Kier alpha value is -1.00. The molecule has 0 spiro atoms. The van der Waals surface area contributed by atoms with Crippen molar-refractivity contribution in [2.75, 3.05) is 0 Å². The van der Waals surface area contributed by atoms with Crippen LogP contribution in [0.2, 0.25) is 0 Å². The zero-order valence-corrected chi connectivity index (χ0v) is 12.0. The van der Waals surface area contributed by atoms with Crippen molar-refractivity contribution in [3.05, 3.63) is 69.4 Å². The molecule has 5 heteroatoms. The highest BCUT2D eigenvalue weighted by Gasteiger charge is 2.16. The summed E-state index contributed by atoms with van der Waals surface area (Å²) in [5, 5.41) is -0.651. The maximum absolute atomic E-state index is 13.8. The van der Waals surface area contributed by atoms with Gasteiger partial charge in [0.15, 0.2) is 11.6 Å². The fourth-order valence-corrected chi connectivity index (χ4v) is 2.47. The van der Waals surface area contributed by atoms with Gasteiger partial charge in [0.25, 0.3) is 0 Å². The van der Waals surface area contributed by atoms with Crippen LogP contribution < -0.4 is 0 Å². The van der Waals surface area contributed by atoms with Gasteiger partial charge in [0.05, 0.1) is 9.85 Å². The Morgan fingerprint density at radius 2 is 1.79 bits per heavy atom. The molecule has 0 fully saturated rings. The second-order valence-electron chi connectivity index (χ2n) is 4.06. The van der Waals surface area contributed by atoms with Crippen molar-refractivity contribution in [3.63, 3.8) is 0 Å². The summed E-state index contributed by atoms with van der Waals surface area (Å²) in [6.07, 6.45) is 0.214. The van der Waals surface area contributed by atoms with Crippen LogP contribution in [0.25, 0.3) is 0 Å². The number of halogens is 5. The average Bonchev–Trinajstić information content (AvgIpc) is 2.37. The first-order valence-corrected chi connectivity index (χ1v) is 6.74. The van der Waals surface area contributed by atoms with Crippen LogP contribution in [0.3, 0.4) is 0 Å². The Balaban J connectivity index is 2.23. The first-order chi connectivity index (χ1) is 8.99. The lowest BCUT2D eigenvalue weighted by atomic mass is 10.0. The standard InChI is InChI=1S/C14H9BrClF3/c15-10-3-1-2-9(14(10)19)11(16)6-8-4-5-12(17)13(18)7-8/h1-5,7,11H,6H2. The van der Waals surface area contributed by atoms with Crippen LogP contribution in [0.1, 0.15) is 16.5 Å². The number of benzene rings is 2. The molecule has 0 saturated heterocycles. The highest BCUT2D eigenvalue weighted by molar-refractivity contribution is 9.10. The Morgan fingerprint density at radius 1 is 1.05 bits per heavy atom. The molecule has 0 N–H and O–H groups in total. The molecule has 0 radical (unpaired) electrons. The van der Waals surface area contributed by atoms with E-state index in [1.165, 1.54) is 6.07 Å². The van der Waals surface area contributed by atoms with E-state index in [1.54, 1.807) is 18.2 Å². The van der Waals surface area contributed by atoms with Crippen molar-refractivity contribution in [1.29, 1.82) is 0 Å². The van der Waals surface area contributed by atoms with E-state index in [-0.39, 0.29) is 6.42 Å². The van der Waals surface area contributed by atoms with Gasteiger partial charge < -0.3 is 0 Å². The van der Waals surface area contributed by atoms with E-state index in [2.05, 4.69) is 15.9 Å². The predicted molar refractivity (Wildman–Crippen MR) is 72.8 cm³/mol. The monoisotopic (exact) mass is 348 g/mol. The van der Waals surface area contributed by atoms with Crippen LogP contribution in [0, 0.1) is 17.5 Å². The van der Waals surface area contributed by atoms with Crippen LogP contribution in [-0.4, -0.2) is 0 Å². The SMILES string of the molecule is Fc1ccc(CC(Cl)c2cccc(Br)c2F)cc1F. The van der Waals surface area contributed by atoms with Crippen molar-refractivity contribution in [2.45, 2.75) is 11.8 Å². The van der Waals surface area contributed by atoms with Gasteiger partial charge in [0.2, 0.25) is 0 Å². The largest absolute Gasteiger partial charge is 0.205 e. The second kappa shape index (κ2) is 5.97. The molecule has 0 heterocycles. The molecule has 0 aliphatic carbocycles. The summed E-state index contributed by atoms with van der Waals surface area (Å²) in [6, 6.07) is 8.34. The summed E-state index contributed by atoms with van der Waals surface area (Å²) in [7, 11) is 0. The lowest BCUT2D eigenvalue weighted by Crippen LogP contribution is -2.00. The van der Waals surface area contributed by atoms with Gasteiger partial charge in [-0.1, -0.05) is 18.2 Å².